The minimum absolute atomic E-state index is 0.110. The van der Waals surface area contributed by atoms with Crippen molar-refractivity contribution in [3.8, 4) is 0 Å². The summed E-state index contributed by atoms with van der Waals surface area (Å²) in [6.07, 6.45) is 59.7. The molecule has 0 saturated heterocycles. The molecule has 0 radical (unpaired) electrons. The van der Waals surface area contributed by atoms with Gasteiger partial charge in [0.1, 0.15) is 13.2 Å². The standard InChI is InChI=1S/C52H84O6/c1-4-7-10-13-16-19-22-23-24-25-26-27-28-29-31-33-36-39-42-45-51(54)57-48-49(47-56-50(53)44-41-38-35-32-21-18-15-12-9-6-3)58-52(55)46-43-40-37-34-30-20-17-14-11-8-5-2/h7-8,10-11,15-20,23-24,26-27,34,37,49H,4-6,9,12-14,21-22,25,28-33,35-36,38-48H2,1-3H3/b10-7-,11-8-,18-15-,19-16-,20-17-,24-23-,27-26-,37-34-. The summed E-state index contributed by atoms with van der Waals surface area (Å²) < 4.78 is 16.6. The van der Waals surface area contributed by atoms with E-state index >= 15 is 0 Å². The Bertz CT molecular complexity index is 1200. The summed E-state index contributed by atoms with van der Waals surface area (Å²) in [5.41, 5.74) is 0. The van der Waals surface area contributed by atoms with Gasteiger partial charge in [-0.3, -0.25) is 14.4 Å². The number of hydrogen-bond acceptors (Lipinski definition) is 6. The first kappa shape index (κ1) is 54.3. The van der Waals surface area contributed by atoms with Crippen LogP contribution in [-0.4, -0.2) is 37.2 Å². The zero-order valence-corrected chi connectivity index (χ0v) is 37.3. The van der Waals surface area contributed by atoms with Crippen LogP contribution < -0.4 is 0 Å². The van der Waals surface area contributed by atoms with Crippen molar-refractivity contribution in [2.24, 2.45) is 0 Å². The van der Waals surface area contributed by atoms with E-state index in [-0.39, 0.29) is 37.5 Å². The Morgan fingerprint density at radius 1 is 0.362 bits per heavy atom. The molecule has 0 aromatic rings. The molecule has 6 nitrogen and oxygen atoms in total. The van der Waals surface area contributed by atoms with Crippen LogP contribution in [0.2, 0.25) is 0 Å². The molecule has 0 saturated carbocycles. The maximum absolute atomic E-state index is 12.7. The molecule has 0 aliphatic carbocycles. The molecular formula is C52H84O6. The van der Waals surface area contributed by atoms with E-state index < -0.39 is 6.10 Å². The fourth-order valence-electron chi connectivity index (χ4n) is 5.85. The molecule has 0 rings (SSSR count). The summed E-state index contributed by atoms with van der Waals surface area (Å²) in [7, 11) is 0. The fourth-order valence-corrected chi connectivity index (χ4v) is 5.85. The lowest BCUT2D eigenvalue weighted by atomic mass is 10.1. The predicted octanol–water partition coefficient (Wildman–Crippen LogP) is 15.0. The number of carbonyl (C=O) groups is 3. The van der Waals surface area contributed by atoms with Gasteiger partial charge in [0.2, 0.25) is 0 Å². The van der Waals surface area contributed by atoms with Gasteiger partial charge >= 0.3 is 17.9 Å². The van der Waals surface area contributed by atoms with Gasteiger partial charge in [-0.15, -0.1) is 0 Å². The van der Waals surface area contributed by atoms with E-state index in [0.717, 1.165) is 122 Å². The highest BCUT2D eigenvalue weighted by Crippen LogP contribution is 2.12. The Morgan fingerprint density at radius 2 is 0.690 bits per heavy atom. The molecular weight excluding hydrogens is 721 g/mol. The van der Waals surface area contributed by atoms with Gasteiger partial charge in [-0.2, -0.15) is 0 Å². The van der Waals surface area contributed by atoms with E-state index in [1.54, 1.807) is 0 Å². The molecule has 1 unspecified atom stereocenters. The van der Waals surface area contributed by atoms with Gasteiger partial charge in [0, 0.05) is 19.3 Å². The second-order valence-corrected chi connectivity index (χ2v) is 14.9. The number of rotatable bonds is 40. The second-order valence-electron chi connectivity index (χ2n) is 14.9. The summed E-state index contributed by atoms with van der Waals surface area (Å²) in [5.74, 6) is -1.00. The first-order valence-electron chi connectivity index (χ1n) is 23.2. The number of esters is 3. The van der Waals surface area contributed by atoms with Gasteiger partial charge in [0.25, 0.3) is 0 Å². The van der Waals surface area contributed by atoms with E-state index in [4.69, 9.17) is 14.2 Å². The van der Waals surface area contributed by atoms with Crippen LogP contribution in [0.4, 0.5) is 0 Å². The van der Waals surface area contributed by atoms with Gasteiger partial charge in [-0.1, -0.05) is 169 Å². The molecule has 58 heavy (non-hydrogen) atoms. The largest absolute Gasteiger partial charge is 0.462 e. The molecule has 0 aliphatic heterocycles. The van der Waals surface area contributed by atoms with Crippen molar-refractivity contribution in [2.75, 3.05) is 13.2 Å². The molecule has 328 valence electrons. The maximum Gasteiger partial charge on any atom is 0.306 e. The summed E-state index contributed by atoms with van der Waals surface area (Å²) >= 11 is 0. The van der Waals surface area contributed by atoms with Crippen LogP contribution >= 0.6 is 0 Å². The highest BCUT2D eigenvalue weighted by Gasteiger charge is 2.19. The Kier molecular flexibility index (Phi) is 43.1. The molecule has 1 atom stereocenters. The Morgan fingerprint density at radius 3 is 1.12 bits per heavy atom. The zero-order valence-electron chi connectivity index (χ0n) is 37.3. The van der Waals surface area contributed by atoms with E-state index in [9.17, 15) is 14.4 Å². The lowest BCUT2D eigenvalue weighted by Gasteiger charge is -2.18. The van der Waals surface area contributed by atoms with E-state index in [1.807, 2.05) is 0 Å². The van der Waals surface area contributed by atoms with E-state index in [2.05, 4.69) is 118 Å². The molecule has 0 aliphatic rings. The monoisotopic (exact) mass is 805 g/mol. The van der Waals surface area contributed by atoms with Crippen molar-refractivity contribution in [2.45, 2.75) is 200 Å². The molecule has 0 bridgehead atoms. The van der Waals surface area contributed by atoms with Crippen LogP contribution in [0.25, 0.3) is 0 Å². The minimum Gasteiger partial charge on any atom is -0.462 e. The second kappa shape index (κ2) is 46.0. The van der Waals surface area contributed by atoms with E-state index in [1.165, 1.54) is 25.7 Å². The highest BCUT2D eigenvalue weighted by atomic mass is 16.6. The number of ether oxygens (including phenoxy) is 3. The Hall–Kier alpha value is -3.67. The number of hydrogen-bond donors (Lipinski definition) is 0. The topological polar surface area (TPSA) is 78.9 Å². The number of carbonyl (C=O) groups excluding carboxylic acids is 3. The number of allylic oxidation sites excluding steroid dienone is 16. The van der Waals surface area contributed by atoms with Crippen molar-refractivity contribution < 1.29 is 28.6 Å². The molecule has 6 heteroatoms. The van der Waals surface area contributed by atoms with Crippen LogP contribution in [0.5, 0.6) is 0 Å². The van der Waals surface area contributed by atoms with Crippen LogP contribution in [0.15, 0.2) is 97.2 Å². The van der Waals surface area contributed by atoms with Gasteiger partial charge in [-0.25, -0.2) is 0 Å². The normalized spacial score (nSPS) is 12.9. The lowest BCUT2D eigenvalue weighted by molar-refractivity contribution is -0.167. The molecule has 0 fully saturated rings. The van der Waals surface area contributed by atoms with E-state index in [0.29, 0.717) is 19.3 Å². The molecule has 0 aromatic heterocycles. The first-order valence-corrected chi connectivity index (χ1v) is 23.2. The zero-order chi connectivity index (χ0) is 42.3. The summed E-state index contributed by atoms with van der Waals surface area (Å²) in [4.78, 5) is 37.7. The summed E-state index contributed by atoms with van der Waals surface area (Å²) in [5, 5.41) is 0. The van der Waals surface area contributed by atoms with Crippen LogP contribution in [0, 0.1) is 0 Å². The predicted molar refractivity (Wildman–Crippen MR) is 247 cm³/mol. The van der Waals surface area contributed by atoms with Crippen LogP contribution in [0.1, 0.15) is 194 Å². The van der Waals surface area contributed by atoms with Crippen molar-refractivity contribution in [3.05, 3.63) is 97.2 Å². The van der Waals surface area contributed by atoms with Gasteiger partial charge in [0.05, 0.1) is 0 Å². The van der Waals surface area contributed by atoms with Crippen molar-refractivity contribution in [1.82, 2.24) is 0 Å². The minimum atomic E-state index is -0.812. The molecule has 0 N–H and O–H groups in total. The van der Waals surface area contributed by atoms with Gasteiger partial charge in [-0.05, 0) is 103 Å². The first-order chi connectivity index (χ1) is 28.5. The van der Waals surface area contributed by atoms with Gasteiger partial charge < -0.3 is 14.2 Å². The average Bonchev–Trinajstić information content (AvgIpc) is 3.22. The van der Waals surface area contributed by atoms with Crippen molar-refractivity contribution in [1.29, 1.82) is 0 Å². The maximum atomic E-state index is 12.7. The van der Waals surface area contributed by atoms with Crippen LogP contribution in [0.3, 0.4) is 0 Å². The molecule has 0 aromatic carbocycles. The SMILES string of the molecule is CC/C=C\C/C=C\C/C=C\C/C=C\CCCCCCCCC(=O)OCC(COC(=O)CCCCCC/C=C\CCCC)OC(=O)CCC/C=C\C/C=C\C/C=C\CC. The quantitative estimate of drug-likeness (QED) is 0.0266. The molecule has 0 heterocycles. The highest BCUT2D eigenvalue weighted by molar-refractivity contribution is 5.71. The fraction of sp³-hybridized carbons (Fsp3) is 0.635. The molecule has 0 amide bonds. The third-order valence-corrected chi connectivity index (χ3v) is 9.30. The molecule has 0 spiro atoms. The van der Waals surface area contributed by atoms with Gasteiger partial charge in [0.15, 0.2) is 6.10 Å². The average molecular weight is 805 g/mol. The summed E-state index contributed by atoms with van der Waals surface area (Å²) in [6, 6.07) is 0. The lowest BCUT2D eigenvalue weighted by Crippen LogP contribution is -2.30. The third kappa shape index (κ3) is 43.5. The third-order valence-electron chi connectivity index (χ3n) is 9.30. The Balaban J connectivity index is 4.42. The number of unbranched alkanes of at least 4 members (excludes halogenated alkanes) is 13. The van der Waals surface area contributed by atoms with Crippen LogP contribution in [-0.2, 0) is 28.6 Å². The smallest absolute Gasteiger partial charge is 0.306 e. The van der Waals surface area contributed by atoms with Crippen molar-refractivity contribution >= 4 is 17.9 Å². The summed E-state index contributed by atoms with van der Waals surface area (Å²) in [6.45, 7) is 6.26. The van der Waals surface area contributed by atoms with Crippen molar-refractivity contribution in [3.63, 3.8) is 0 Å². The Labute approximate surface area is 356 Å².